The van der Waals surface area contributed by atoms with Gasteiger partial charge in [-0.2, -0.15) is 0 Å². The third-order valence-corrected chi connectivity index (χ3v) is 3.27. The lowest BCUT2D eigenvalue weighted by Crippen LogP contribution is -2.09. The van der Waals surface area contributed by atoms with Gasteiger partial charge in [0.25, 0.3) is 0 Å². The second-order valence-corrected chi connectivity index (χ2v) is 5.24. The van der Waals surface area contributed by atoms with E-state index < -0.39 is 0 Å². The van der Waals surface area contributed by atoms with E-state index in [1.165, 1.54) is 5.56 Å². The molecular formula is C17H18BrNO. The molecule has 0 saturated heterocycles. The monoisotopic (exact) mass is 331 g/mol. The summed E-state index contributed by atoms with van der Waals surface area (Å²) in [5, 5.41) is 3.31. The van der Waals surface area contributed by atoms with E-state index in [1.54, 1.807) is 0 Å². The lowest BCUT2D eigenvalue weighted by molar-refractivity contribution is 0.174. The van der Waals surface area contributed by atoms with E-state index in [9.17, 15) is 0 Å². The van der Waals surface area contributed by atoms with Gasteiger partial charge in [-0.1, -0.05) is 58.4 Å². The highest BCUT2D eigenvalue weighted by atomic mass is 79.9. The van der Waals surface area contributed by atoms with Gasteiger partial charge in [-0.25, -0.2) is 0 Å². The maximum absolute atomic E-state index is 5.54. The molecule has 2 aromatic rings. The molecule has 0 amide bonds. The molecule has 20 heavy (non-hydrogen) atoms. The summed E-state index contributed by atoms with van der Waals surface area (Å²) in [5.74, 6) is 0. The Bertz CT molecular complexity index is 522. The van der Waals surface area contributed by atoms with Crippen LogP contribution in [-0.2, 0) is 4.74 Å². The minimum absolute atomic E-state index is 0.636. The zero-order valence-corrected chi connectivity index (χ0v) is 12.8. The molecule has 0 atom stereocenters. The quantitative estimate of drug-likeness (QED) is 0.749. The van der Waals surface area contributed by atoms with Crippen LogP contribution in [0.5, 0.6) is 0 Å². The van der Waals surface area contributed by atoms with E-state index in [2.05, 4.69) is 39.5 Å². The number of nitrogens with one attached hydrogen (secondary N) is 1. The van der Waals surface area contributed by atoms with Gasteiger partial charge in [0, 0.05) is 16.7 Å². The van der Waals surface area contributed by atoms with Crippen molar-refractivity contribution in [2.24, 2.45) is 0 Å². The molecule has 104 valence electrons. The fraction of sp³-hybridized carbons (Fsp3) is 0.176. The Morgan fingerprint density at radius 2 is 1.75 bits per heavy atom. The second-order valence-electron chi connectivity index (χ2n) is 4.32. The van der Waals surface area contributed by atoms with Gasteiger partial charge < -0.3 is 10.1 Å². The van der Waals surface area contributed by atoms with Gasteiger partial charge >= 0.3 is 0 Å². The summed E-state index contributed by atoms with van der Waals surface area (Å²) < 4.78 is 6.63. The normalized spacial score (nSPS) is 10.8. The van der Waals surface area contributed by atoms with Crippen LogP contribution in [0.25, 0.3) is 6.08 Å². The van der Waals surface area contributed by atoms with Crippen molar-refractivity contribution in [1.29, 1.82) is 0 Å². The standard InChI is InChI=1S/C17H18BrNO/c18-16-8-10-17(11-9-16)19-12-14-20-13-4-7-15-5-2-1-3-6-15/h1-11,19H,12-14H2. The minimum atomic E-state index is 0.636. The summed E-state index contributed by atoms with van der Waals surface area (Å²) in [4.78, 5) is 0. The highest BCUT2D eigenvalue weighted by molar-refractivity contribution is 9.10. The third-order valence-electron chi connectivity index (χ3n) is 2.74. The first kappa shape index (κ1) is 14.8. The maximum Gasteiger partial charge on any atom is 0.0651 e. The number of benzene rings is 2. The van der Waals surface area contributed by atoms with Gasteiger partial charge in [0.1, 0.15) is 0 Å². The summed E-state index contributed by atoms with van der Waals surface area (Å²) in [6.45, 7) is 2.13. The molecule has 0 heterocycles. The molecule has 0 aliphatic heterocycles. The molecule has 2 aromatic carbocycles. The van der Waals surface area contributed by atoms with E-state index in [0.717, 1.165) is 16.7 Å². The van der Waals surface area contributed by atoms with E-state index in [0.29, 0.717) is 13.2 Å². The van der Waals surface area contributed by atoms with Crippen LogP contribution in [0.2, 0.25) is 0 Å². The fourth-order valence-electron chi connectivity index (χ4n) is 1.73. The SMILES string of the molecule is Brc1ccc(NCCOCC=Cc2ccccc2)cc1. The van der Waals surface area contributed by atoms with Gasteiger partial charge in [0.2, 0.25) is 0 Å². The molecule has 2 nitrogen and oxygen atoms in total. The molecule has 0 unspecified atom stereocenters. The number of ether oxygens (including phenoxy) is 1. The topological polar surface area (TPSA) is 21.3 Å². The van der Waals surface area contributed by atoms with Crippen molar-refractivity contribution in [3.8, 4) is 0 Å². The van der Waals surface area contributed by atoms with Crippen LogP contribution < -0.4 is 5.32 Å². The molecule has 3 heteroatoms. The van der Waals surface area contributed by atoms with Crippen molar-refractivity contribution < 1.29 is 4.74 Å². The zero-order valence-electron chi connectivity index (χ0n) is 11.3. The Labute approximate surface area is 128 Å². The van der Waals surface area contributed by atoms with Gasteiger partial charge in [-0.15, -0.1) is 0 Å². The lowest BCUT2D eigenvalue weighted by atomic mass is 10.2. The van der Waals surface area contributed by atoms with Gasteiger partial charge in [-0.05, 0) is 29.8 Å². The third kappa shape index (κ3) is 5.59. The molecule has 0 aromatic heterocycles. The highest BCUT2D eigenvalue weighted by Gasteiger charge is 1.91. The van der Waals surface area contributed by atoms with Crippen LogP contribution in [0.15, 0.2) is 65.1 Å². The molecule has 2 rings (SSSR count). The number of rotatable bonds is 7. The maximum atomic E-state index is 5.54. The van der Waals surface area contributed by atoms with Gasteiger partial charge in [0.05, 0.1) is 13.2 Å². The Morgan fingerprint density at radius 3 is 2.50 bits per heavy atom. The Balaban J connectivity index is 1.58. The van der Waals surface area contributed by atoms with Gasteiger partial charge in [0.15, 0.2) is 0 Å². The summed E-state index contributed by atoms with van der Waals surface area (Å²) in [6, 6.07) is 18.3. The Hall–Kier alpha value is -1.58. The fourth-order valence-corrected chi connectivity index (χ4v) is 2.00. The second kappa shape index (κ2) is 8.56. The smallest absolute Gasteiger partial charge is 0.0651 e. The van der Waals surface area contributed by atoms with Crippen LogP contribution >= 0.6 is 15.9 Å². The predicted octanol–water partition coefficient (Wildman–Crippen LogP) is 4.59. The van der Waals surface area contributed by atoms with Crippen molar-refractivity contribution in [2.45, 2.75) is 0 Å². The molecular weight excluding hydrogens is 314 g/mol. The van der Waals surface area contributed by atoms with E-state index in [-0.39, 0.29) is 0 Å². The van der Waals surface area contributed by atoms with Gasteiger partial charge in [-0.3, -0.25) is 0 Å². The minimum Gasteiger partial charge on any atom is -0.383 e. The summed E-state index contributed by atoms with van der Waals surface area (Å²) in [5.41, 5.74) is 2.31. The molecule has 1 N–H and O–H groups in total. The van der Waals surface area contributed by atoms with E-state index in [1.807, 2.05) is 48.5 Å². The first-order valence-electron chi connectivity index (χ1n) is 6.63. The van der Waals surface area contributed by atoms with Crippen molar-refractivity contribution in [3.63, 3.8) is 0 Å². The van der Waals surface area contributed by atoms with Crippen LogP contribution in [0, 0.1) is 0 Å². The molecule has 0 radical (unpaired) electrons. The number of hydrogen-bond acceptors (Lipinski definition) is 2. The highest BCUT2D eigenvalue weighted by Crippen LogP contribution is 2.13. The van der Waals surface area contributed by atoms with Crippen molar-refractivity contribution in [1.82, 2.24) is 0 Å². The molecule has 0 spiro atoms. The van der Waals surface area contributed by atoms with Crippen LogP contribution in [0.3, 0.4) is 0 Å². The lowest BCUT2D eigenvalue weighted by Gasteiger charge is -2.06. The van der Waals surface area contributed by atoms with Crippen molar-refractivity contribution >= 4 is 27.7 Å². The largest absolute Gasteiger partial charge is 0.383 e. The summed E-state index contributed by atoms with van der Waals surface area (Å²) in [7, 11) is 0. The molecule has 0 bridgehead atoms. The van der Waals surface area contributed by atoms with E-state index in [4.69, 9.17) is 4.74 Å². The first-order chi connectivity index (χ1) is 9.84. The van der Waals surface area contributed by atoms with E-state index >= 15 is 0 Å². The van der Waals surface area contributed by atoms with Crippen LogP contribution in [0.4, 0.5) is 5.69 Å². The Kier molecular flexibility index (Phi) is 6.35. The molecule has 0 saturated carbocycles. The zero-order chi connectivity index (χ0) is 14.0. The number of halogens is 1. The summed E-state index contributed by atoms with van der Waals surface area (Å²) in [6.07, 6.45) is 4.11. The molecule has 0 fully saturated rings. The molecule has 0 aliphatic rings. The van der Waals surface area contributed by atoms with Crippen LogP contribution in [0.1, 0.15) is 5.56 Å². The average molecular weight is 332 g/mol. The average Bonchev–Trinajstić information content (AvgIpc) is 2.49. The molecule has 0 aliphatic carbocycles. The van der Waals surface area contributed by atoms with Crippen LogP contribution in [-0.4, -0.2) is 19.8 Å². The Morgan fingerprint density at radius 1 is 1.00 bits per heavy atom. The number of hydrogen-bond donors (Lipinski definition) is 1. The van der Waals surface area contributed by atoms with Crippen molar-refractivity contribution in [3.05, 3.63) is 70.7 Å². The predicted molar refractivity (Wildman–Crippen MR) is 88.9 cm³/mol. The van der Waals surface area contributed by atoms with Crippen molar-refractivity contribution in [2.75, 3.05) is 25.1 Å². The number of anilines is 1. The first-order valence-corrected chi connectivity index (χ1v) is 7.43. The summed E-state index contributed by atoms with van der Waals surface area (Å²) >= 11 is 3.41.